The highest BCUT2D eigenvalue weighted by atomic mass is 19.1. The first-order chi connectivity index (χ1) is 24.4. The number of aryl methyl sites for hydroxylation is 1. The van der Waals surface area contributed by atoms with Crippen LogP contribution in [-0.4, -0.2) is 63.6 Å². The van der Waals surface area contributed by atoms with E-state index in [2.05, 4.69) is 49.4 Å². The Hall–Kier alpha value is -4.51. The number of carbonyl (C=O) groups is 1. The summed E-state index contributed by atoms with van der Waals surface area (Å²) in [7, 11) is 0. The van der Waals surface area contributed by atoms with Gasteiger partial charge in [0.05, 0.1) is 16.9 Å². The predicted molar refractivity (Wildman–Crippen MR) is 197 cm³/mol. The maximum Gasteiger partial charge on any atom is 0.251 e. The van der Waals surface area contributed by atoms with Crippen LogP contribution in [0.25, 0.3) is 44.7 Å². The lowest BCUT2D eigenvalue weighted by molar-refractivity contribution is 0.0735. The molecule has 5 aromatic rings. The van der Waals surface area contributed by atoms with E-state index in [1.807, 2.05) is 6.07 Å². The quantitative estimate of drug-likeness (QED) is 0.129. The Morgan fingerprint density at radius 3 is 2.37 bits per heavy atom. The van der Waals surface area contributed by atoms with Crippen LogP contribution >= 0.6 is 0 Å². The number of nitrogens with two attached hydrogens (primary N) is 1. The molecule has 266 valence electrons. The highest BCUT2D eigenvalue weighted by Crippen LogP contribution is 2.42. The Bertz CT molecular complexity index is 2070. The van der Waals surface area contributed by atoms with Crippen LogP contribution in [0.2, 0.25) is 0 Å². The third-order valence-corrected chi connectivity index (χ3v) is 11.2. The van der Waals surface area contributed by atoms with Gasteiger partial charge in [0.15, 0.2) is 0 Å². The minimum absolute atomic E-state index is 0.0845. The van der Waals surface area contributed by atoms with E-state index < -0.39 is 23.1 Å². The van der Waals surface area contributed by atoms with E-state index >= 15 is 8.78 Å². The molecule has 2 fully saturated rings. The number of hydrogen-bond acceptors (Lipinski definition) is 6. The van der Waals surface area contributed by atoms with Gasteiger partial charge in [-0.15, -0.1) is 0 Å². The SMILES string of the molecule is Cc1c(-c2c(C(C)(C)O)ccc(C(N)=O)c2F)cc(F)cc1-c1ncnc2[nH]c(-c3ccc(CCCN4CCC5(CCNCC5)CC4)cc3)cc12. The molecule has 0 unspecified atom stereocenters. The first-order valence-corrected chi connectivity index (χ1v) is 17.9. The Morgan fingerprint density at radius 1 is 0.980 bits per heavy atom. The Balaban J connectivity index is 1.12. The zero-order chi connectivity index (χ0) is 35.9. The fraction of sp³-hybridized carbons (Fsp3) is 0.390. The third-order valence-electron chi connectivity index (χ3n) is 11.2. The number of H-pyrrole nitrogens is 1. The summed E-state index contributed by atoms with van der Waals surface area (Å²) in [4.78, 5) is 27.1. The molecule has 2 aromatic heterocycles. The second-order valence-corrected chi connectivity index (χ2v) is 15.0. The zero-order valence-corrected chi connectivity index (χ0v) is 29.6. The first kappa shape index (κ1) is 34.9. The standard InChI is InChI=1S/C41H46F2N6O2/c1-25-30(35-33(40(2,3)51)11-10-29(36(35)43)38(44)50)21-28(42)22-31(25)37-32-23-34(48-39(32)47-24-46-37)27-8-6-26(7-9-27)5-4-18-49-19-14-41(15-20-49)12-16-45-17-13-41/h6-11,21-24,45,51H,4-5,12-20H2,1-3H3,(H2,44,50)(H,46,47,48). The molecule has 2 aliphatic rings. The van der Waals surface area contributed by atoms with Gasteiger partial charge in [-0.2, -0.15) is 0 Å². The lowest BCUT2D eigenvalue weighted by Crippen LogP contribution is -2.45. The summed E-state index contributed by atoms with van der Waals surface area (Å²) < 4.78 is 31.4. The molecule has 4 heterocycles. The number of fused-ring (bicyclic) bond motifs is 1. The van der Waals surface area contributed by atoms with Crippen molar-refractivity contribution in [1.29, 1.82) is 0 Å². The summed E-state index contributed by atoms with van der Waals surface area (Å²) in [6, 6.07) is 15.8. The van der Waals surface area contributed by atoms with Gasteiger partial charge in [-0.3, -0.25) is 4.79 Å². The molecule has 3 aromatic carbocycles. The van der Waals surface area contributed by atoms with Crippen molar-refractivity contribution in [3.8, 4) is 33.6 Å². The molecule has 0 saturated carbocycles. The molecule has 51 heavy (non-hydrogen) atoms. The van der Waals surface area contributed by atoms with Gasteiger partial charge in [0, 0.05) is 22.2 Å². The van der Waals surface area contributed by atoms with E-state index in [0.29, 0.717) is 33.3 Å². The number of aromatic nitrogens is 3. The number of piperidine rings is 2. The molecule has 0 radical (unpaired) electrons. The highest BCUT2D eigenvalue weighted by Gasteiger charge is 2.35. The first-order valence-electron chi connectivity index (χ1n) is 17.9. The van der Waals surface area contributed by atoms with Gasteiger partial charge in [0.2, 0.25) is 0 Å². The van der Waals surface area contributed by atoms with Crippen molar-refractivity contribution in [3.63, 3.8) is 0 Å². The number of carbonyl (C=O) groups excluding carboxylic acids is 1. The monoisotopic (exact) mass is 692 g/mol. The van der Waals surface area contributed by atoms with Gasteiger partial charge < -0.3 is 26.0 Å². The van der Waals surface area contributed by atoms with Crippen molar-refractivity contribution in [2.24, 2.45) is 11.1 Å². The van der Waals surface area contributed by atoms with Crippen LogP contribution in [0.1, 0.15) is 73.0 Å². The molecular formula is C41H46F2N6O2. The molecule has 0 bridgehead atoms. The van der Waals surface area contributed by atoms with Crippen LogP contribution in [0.3, 0.4) is 0 Å². The Kier molecular flexibility index (Phi) is 9.52. The number of aromatic amines is 1. The average molecular weight is 693 g/mol. The molecule has 0 atom stereocenters. The molecule has 2 saturated heterocycles. The molecule has 7 rings (SSSR count). The van der Waals surface area contributed by atoms with Crippen molar-refractivity contribution in [3.05, 3.63) is 94.8 Å². The van der Waals surface area contributed by atoms with Crippen molar-refractivity contribution in [2.45, 2.75) is 64.9 Å². The minimum atomic E-state index is -1.50. The second-order valence-electron chi connectivity index (χ2n) is 15.0. The van der Waals surface area contributed by atoms with Gasteiger partial charge >= 0.3 is 0 Å². The number of primary amides is 1. The topological polar surface area (TPSA) is 120 Å². The largest absolute Gasteiger partial charge is 0.386 e. The molecule has 1 spiro atoms. The van der Waals surface area contributed by atoms with Crippen LogP contribution in [0.4, 0.5) is 8.78 Å². The van der Waals surface area contributed by atoms with E-state index in [4.69, 9.17) is 5.73 Å². The maximum atomic E-state index is 16.0. The number of nitrogens with zero attached hydrogens (tertiary/aromatic N) is 3. The number of benzene rings is 3. The summed E-state index contributed by atoms with van der Waals surface area (Å²) in [5.74, 6) is -2.50. The highest BCUT2D eigenvalue weighted by molar-refractivity contribution is 5.98. The predicted octanol–water partition coefficient (Wildman–Crippen LogP) is 7.27. The van der Waals surface area contributed by atoms with Crippen molar-refractivity contribution in [1.82, 2.24) is 25.2 Å². The van der Waals surface area contributed by atoms with Crippen LogP contribution in [0, 0.1) is 24.0 Å². The Morgan fingerprint density at radius 2 is 1.69 bits per heavy atom. The molecule has 0 aliphatic carbocycles. The molecular weight excluding hydrogens is 646 g/mol. The maximum absolute atomic E-state index is 16.0. The summed E-state index contributed by atoms with van der Waals surface area (Å²) in [6.45, 7) is 10.6. The summed E-state index contributed by atoms with van der Waals surface area (Å²) >= 11 is 0. The minimum Gasteiger partial charge on any atom is -0.386 e. The zero-order valence-electron chi connectivity index (χ0n) is 29.6. The van der Waals surface area contributed by atoms with Crippen LogP contribution < -0.4 is 11.1 Å². The number of aliphatic hydroxyl groups is 1. The lowest BCUT2D eigenvalue weighted by atomic mass is 9.71. The fourth-order valence-electron chi connectivity index (χ4n) is 8.10. The summed E-state index contributed by atoms with van der Waals surface area (Å²) in [5, 5.41) is 15.1. The Labute approximate surface area is 297 Å². The number of likely N-dealkylation sites (tertiary alicyclic amines) is 1. The van der Waals surface area contributed by atoms with E-state index in [0.717, 1.165) is 30.6 Å². The normalized spacial score (nSPS) is 16.6. The second kappa shape index (κ2) is 13.9. The molecule has 10 heteroatoms. The summed E-state index contributed by atoms with van der Waals surface area (Å²) in [6.07, 6.45) is 8.86. The van der Waals surface area contributed by atoms with E-state index in [9.17, 15) is 9.90 Å². The number of amides is 1. The van der Waals surface area contributed by atoms with Gasteiger partial charge in [-0.05, 0) is 150 Å². The number of rotatable bonds is 9. The van der Waals surface area contributed by atoms with Crippen LogP contribution in [0.15, 0.2) is 60.9 Å². The van der Waals surface area contributed by atoms with Crippen molar-refractivity contribution >= 4 is 16.9 Å². The summed E-state index contributed by atoms with van der Waals surface area (Å²) in [5.41, 5.74) is 9.62. The number of nitrogens with one attached hydrogen (secondary N) is 2. The van der Waals surface area contributed by atoms with Crippen molar-refractivity contribution in [2.75, 3.05) is 32.7 Å². The van der Waals surface area contributed by atoms with E-state index in [-0.39, 0.29) is 22.3 Å². The van der Waals surface area contributed by atoms with Gasteiger partial charge in [-0.25, -0.2) is 18.7 Å². The average Bonchev–Trinajstić information content (AvgIpc) is 3.55. The smallest absolute Gasteiger partial charge is 0.251 e. The van der Waals surface area contributed by atoms with Gasteiger partial charge in [0.25, 0.3) is 5.91 Å². The van der Waals surface area contributed by atoms with E-state index in [1.165, 1.54) is 102 Å². The van der Waals surface area contributed by atoms with Crippen LogP contribution in [0.5, 0.6) is 0 Å². The number of halogens is 2. The number of hydrogen-bond donors (Lipinski definition) is 4. The third kappa shape index (κ3) is 7.05. The molecule has 1 amide bonds. The van der Waals surface area contributed by atoms with Gasteiger partial charge in [-0.1, -0.05) is 30.3 Å². The molecule has 8 nitrogen and oxygen atoms in total. The molecule has 5 N–H and O–H groups in total. The van der Waals surface area contributed by atoms with Crippen molar-refractivity contribution < 1.29 is 18.7 Å². The lowest BCUT2D eigenvalue weighted by Gasteiger charge is -2.44. The van der Waals surface area contributed by atoms with E-state index in [1.54, 1.807) is 6.92 Å². The van der Waals surface area contributed by atoms with Crippen LogP contribution in [-0.2, 0) is 12.0 Å². The molecule has 2 aliphatic heterocycles. The fourth-order valence-corrected chi connectivity index (χ4v) is 8.10. The van der Waals surface area contributed by atoms with Gasteiger partial charge in [0.1, 0.15) is 23.6 Å².